The Balaban J connectivity index is 0.00000343. The molecule has 0 saturated carbocycles. The van der Waals surface area contributed by atoms with Gasteiger partial charge in [-0.25, -0.2) is 4.98 Å². The van der Waals surface area contributed by atoms with Gasteiger partial charge in [-0.15, -0.1) is 36.4 Å². The Morgan fingerprint density at radius 1 is 0.682 bits per heavy atom. The van der Waals surface area contributed by atoms with Crippen molar-refractivity contribution in [1.29, 1.82) is 0 Å². The van der Waals surface area contributed by atoms with E-state index in [4.69, 9.17) is 14.8 Å². The van der Waals surface area contributed by atoms with Gasteiger partial charge in [0.2, 0.25) is 0 Å². The summed E-state index contributed by atoms with van der Waals surface area (Å²) in [6.45, 7) is 8.97. The molecule has 0 fully saturated rings. The first kappa shape index (κ1) is 29.6. The van der Waals surface area contributed by atoms with Crippen LogP contribution in [0.5, 0.6) is 11.5 Å². The summed E-state index contributed by atoms with van der Waals surface area (Å²) >= 11 is 0. The molecule has 0 bridgehead atoms. The SMILES string of the molecule is CC(C)c1cccc(C(C)C)c1-c1cnn(-c2[c-]c(Oc3[c-]c(-n4c5ccccc5c5cccnc54)ccc3)ccc2)c1.[Pt+2]. The van der Waals surface area contributed by atoms with Gasteiger partial charge in [-0.1, -0.05) is 69.8 Å². The second-order valence-corrected chi connectivity index (χ2v) is 11.4. The van der Waals surface area contributed by atoms with Crippen molar-refractivity contribution in [3.05, 3.63) is 133 Å². The average Bonchev–Trinajstić information content (AvgIpc) is 3.64. The van der Waals surface area contributed by atoms with Gasteiger partial charge in [0, 0.05) is 40.2 Å². The summed E-state index contributed by atoms with van der Waals surface area (Å²) in [5.74, 6) is 2.01. The summed E-state index contributed by atoms with van der Waals surface area (Å²) in [4.78, 5) is 4.69. The zero-order chi connectivity index (χ0) is 29.5. The van der Waals surface area contributed by atoms with Crippen molar-refractivity contribution in [3.63, 3.8) is 0 Å². The first-order valence-electron chi connectivity index (χ1n) is 14.7. The molecule has 0 atom stereocenters. The van der Waals surface area contributed by atoms with Gasteiger partial charge in [0.15, 0.2) is 0 Å². The molecule has 7 aromatic rings. The van der Waals surface area contributed by atoms with Gasteiger partial charge >= 0.3 is 21.1 Å². The zero-order valence-electron chi connectivity index (χ0n) is 25.1. The van der Waals surface area contributed by atoms with E-state index in [0.29, 0.717) is 23.3 Å². The van der Waals surface area contributed by atoms with Crippen molar-refractivity contribution >= 4 is 21.9 Å². The molecule has 0 N–H and O–H groups in total. The van der Waals surface area contributed by atoms with E-state index >= 15 is 0 Å². The van der Waals surface area contributed by atoms with Gasteiger partial charge in [0.25, 0.3) is 0 Å². The molecule has 0 amide bonds. The van der Waals surface area contributed by atoms with E-state index in [9.17, 15) is 0 Å². The quantitative estimate of drug-likeness (QED) is 0.152. The summed E-state index contributed by atoms with van der Waals surface area (Å²) in [5, 5.41) is 6.99. The third kappa shape index (κ3) is 5.37. The second kappa shape index (κ2) is 12.3. The van der Waals surface area contributed by atoms with Gasteiger partial charge in [0.05, 0.1) is 11.7 Å². The Hall–Kier alpha value is -4.47. The third-order valence-electron chi connectivity index (χ3n) is 7.89. The number of nitrogens with zero attached hydrogens (tertiary/aromatic N) is 4. The molecule has 0 aliphatic rings. The van der Waals surface area contributed by atoms with Crippen molar-refractivity contribution < 1.29 is 25.8 Å². The Kier molecular flexibility index (Phi) is 8.25. The Labute approximate surface area is 272 Å². The van der Waals surface area contributed by atoms with Crippen molar-refractivity contribution in [2.45, 2.75) is 39.5 Å². The Morgan fingerprint density at radius 3 is 2.05 bits per heavy atom. The molecule has 3 aromatic heterocycles. The molecule has 0 aliphatic carbocycles. The molecule has 0 saturated heterocycles. The fourth-order valence-electron chi connectivity index (χ4n) is 5.88. The van der Waals surface area contributed by atoms with Crippen molar-refractivity contribution in [2.24, 2.45) is 0 Å². The van der Waals surface area contributed by atoms with E-state index in [1.54, 1.807) is 0 Å². The van der Waals surface area contributed by atoms with Crippen molar-refractivity contribution in [1.82, 2.24) is 19.3 Å². The molecule has 7 rings (SSSR count). The zero-order valence-corrected chi connectivity index (χ0v) is 27.3. The molecule has 4 aromatic carbocycles. The van der Waals surface area contributed by atoms with E-state index in [1.165, 1.54) is 16.7 Å². The van der Waals surface area contributed by atoms with Crippen LogP contribution in [0, 0.1) is 12.1 Å². The molecule has 0 radical (unpaired) electrons. The fraction of sp³-hybridized carbons (Fsp3) is 0.158. The molecule has 220 valence electrons. The fourth-order valence-corrected chi connectivity index (χ4v) is 5.88. The van der Waals surface area contributed by atoms with Gasteiger partial charge in [-0.05, 0) is 52.4 Å². The standard InChI is InChI=1S/C38H32N4O.Pt/c1-25(2)32-16-9-17-33(26(3)4)37(32)27-23-40-41(24-27)28-11-7-13-30(21-28)43-31-14-8-12-29(22-31)42-36-19-6-5-15-34(36)35-18-10-20-39-38(35)42;/h5-20,23-26H,1-4H3;/q-2;+2. The van der Waals surface area contributed by atoms with Gasteiger partial charge < -0.3 is 9.30 Å². The van der Waals surface area contributed by atoms with E-state index in [1.807, 2.05) is 65.6 Å². The first-order chi connectivity index (χ1) is 21.0. The number of hydrogen-bond acceptors (Lipinski definition) is 3. The van der Waals surface area contributed by atoms with E-state index < -0.39 is 0 Å². The van der Waals surface area contributed by atoms with Gasteiger partial charge in [0.1, 0.15) is 5.65 Å². The van der Waals surface area contributed by atoms with Gasteiger partial charge in [-0.3, -0.25) is 4.68 Å². The van der Waals surface area contributed by atoms with Crippen LogP contribution in [0.4, 0.5) is 0 Å². The van der Waals surface area contributed by atoms with Crippen LogP contribution >= 0.6 is 0 Å². The van der Waals surface area contributed by atoms with Crippen LogP contribution in [0.25, 0.3) is 44.4 Å². The second-order valence-electron chi connectivity index (χ2n) is 11.4. The predicted octanol–water partition coefficient (Wildman–Crippen LogP) is 9.67. The van der Waals surface area contributed by atoms with Crippen LogP contribution in [-0.4, -0.2) is 19.3 Å². The smallest absolute Gasteiger partial charge is 0.509 e. The monoisotopic (exact) mass is 755 g/mol. The maximum atomic E-state index is 6.31. The summed E-state index contributed by atoms with van der Waals surface area (Å²) in [6, 6.07) is 37.7. The number of rotatable bonds is 7. The summed E-state index contributed by atoms with van der Waals surface area (Å²) in [6.07, 6.45) is 5.86. The molecule has 6 heteroatoms. The van der Waals surface area contributed by atoms with Crippen LogP contribution < -0.4 is 4.74 Å². The number of pyridine rings is 1. The van der Waals surface area contributed by atoms with Crippen molar-refractivity contribution in [3.8, 4) is 34.0 Å². The number of hydrogen-bond donors (Lipinski definition) is 0. The van der Waals surface area contributed by atoms with Crippen LogP contribution in [0.15, 0.2) is 110 Å². The van der Waals surface area contributed by atoms with E-state index in [-0.39, 0.29) is 21.1 Å². The molecular weight excluding hydrogens is 724 g/mol. The number of para-hydroxylation sites is 1. The normalized spacial score (nSPS) is 11.4. The predicted molar refractivity (Wildman–Crippen MR) is 173 cm³/mol. The minimum Gasteiger partial charge on any atom is -0.509 e. The topological polar surface area (TPSA) is 44.9 Å². The molecule has 44 heavy (non-hydrogen) atoms. The minimum absolute atomic E-state index is 0. The molecular formula is C38H32N4OPt. The van der Waals surface area contributed by atoms with E-state index in [2.05, 4.69) is 93.1 Å². The average molecular weight is 756 g/mol. The molecule has 0 spiro atoms. The van der Waals surface area contributed by atoms with Crippen LogP contribution in [0.3, 0.4) is 0 Å². The number of benzene rings is 4. The third-order valence-corrected chi connectivity index (χ3v) is 7.89. The van der Waals surface area contributed by atoms with Crippen LogP contribution in [0.2, 0.25) is 0 Å². The molecule has 3 heterocycles. The first-order valence-corrected chi connectivity index (χ1v) is 14.7. The van der Waals surface area contributed by atoms with Crippen LogP contribution in [0.1, 0.15) is 50.7 Å². The molecule has 0 aliphatic heterocycles. The minimum atomic E-state index is 0. The number of ether oxygens (including phenoxy) is 1. The van der Waals surface area contributed by atoms with Crippen LogP contribution in [-0.2, 0) is 21.1 Å². The number of fused-ring (bicyclic) bond motifs is 3. The van der Waals surface area contributed by atoms with E-state index in [0.717, 1.165) is 38.9 Å². The Bertz CT molecular complexity index is 2010. The maximum absolute atomic E-state index is 6.31. The summed E-state index contributed by atoms with van der Waals surface area (Å²) < 4.78 is 10.3. The Morgan fingerprint density at radius 2 is 1.32 bits per heavy atom. The molecule has 0 unspecified atom stereocenters. The van der Waals surface area contributed by atoms with Crippen molar-refractivity contribution in [2.75, 3.05) is 0 Å². The largest absolute Gasteiger partial charge is 2.00 e. The van der Waals surface area contributed by atoms with Gasteiger partial charge in [-0.2, -0.15) is 17.2 Å². The number of aromatic nitrogens is 4. The summed E-state index contributed by atoms with van der Waals surface area (Å²) in [7, 11) is 0. The summed E-state index contributed by atoms with van der Waals surface area (Å²) in [5.41, 5.74) is 8.68. The maximum Gasteiger partial charge on any atom is 2.00 e. The molecule has 5 nitrogen and oxygen atoms in total.